The van der Waals surface area contributed by atoms with E-state index in [1.807, 2.05) is 42.5 Å². The summed E-state index contributed by atoms with van der Waals surface area (Å²) in [5.41, 5.74) is 1.72. The number of hydrogen-bond acceptors (Lipinski definition) is 4. The van der Waals surface area contributed by atoms with Crippen LogP contribution in [0.15, 0.2) is 65.6 Å². The number of rotatable bonds is 4. The van der Waals surface area contributed by atoms with Gasteiger partial charge in [0, 0.05) is 43.1 Å². The second-order valence-corrected chi connectivity index (χ2v) is 10.2. The molecule has 0 bridgehead atoms. The van der Waals surface area contributed by atoms with Crippen LogP contribution < -0.4 is 4.31 Å². The SMILES string of the molecule is O=C(CN1c2cccc3cccc(c23)S1(=O)=O)N1CCN(Cc2cccc(Cl)c2)CC1. The standard InChI is InChI=1S/C23H22ClN3O3S/c24-19-7-1-4-17(14-19)15-25-10-12-26(13-11-25)22(28)16-27-20-8-2-5-18-6-3-9-21(23(18)20)31(27,29)30/h1-9,14H,10-13,15-16H2. The number of benzene rings is 3. The fourth-order valence-electron chi connectivity index (χ4n) is 4.40. The summed E-state index contributed by atoms with van der Waals surface area (Å²) in [6.07, 6.45) is 0. The van der Waals surface area contributed by atoms with Crippen LogP contribution in [0.5, 0.6) is 0 Å². The van der Waals surface area contributed by atoms with Gasteiger partial charge < -0.3 is 4.90 Å². The molecule has 6 nitrogen and oxygen atoms in total. The van der Waals surface area contributed by atoms with E-state index in [1.165, 1.54) is 4.31 Å². The molecule has 160 valence electrons. The van der Waals surface area contributed by atoms with E-state index in [2.05, 4.69) is 4.90 Å². The Kier molecular flexibility index (Phi) is 5.12. The summed E-state index contributed by atoms with van der Waals surface area (Å²) in [7, 11) is -3.72. The van der Waals surface area contributed by atoms with Crippen LogP contribution in [0.25, 0.3) is 10.8 Å². The highest BCUT2D eigenvalue weighted by molar-refractivity contribution is 7.93. The molecule has 0 aromatic heterocycles. The number of carbonyl (C=O) groups is 1. The fourth-order valence-corrected chi connectivity index (χ4v) is 6.27. The van der Waals surface area contributed by atoms with Crippen LogP contribution in [-0.4, -0.2) is 56.8 Å². The zero-order chi connectivity index (χ0) is 21.6. The molecular formula is C23H22ClN3O3S. The monoisotopic (exact) mass is 455 g/mol. The molecule has 2 heterocycles. The van der Waals surface area contributed by atoms with Crippen LogP contribution in [0.4, 0.5) is 5.69 Å². The number of hydrogen-bond donors (Lipinski definition) is 0. The molecule has 31 heavy (non-hydrogen) atoms. The van der Waals surface area contributed by atoms with Crippen molar-refractivity contribution in [1.29, 1.82) is 0 Å². The molecule has 1 amide bonds. The van der Waals surface area contributed by atoms with Crippen molar-refractivity contribution in [3.8, 4) is 0 Å². The van der Waals surface area contributed by atoms with Crippen molar-refractivity contribution in [3.63, 3.8) is 0 Å². The molecule has 5 rings (SSSR count). The van der Waals surface area contributed by atoms with Crippen molar-refractivity contribution in [1.82, 2.24) is 9.80 Å². The Balaban J connectivity index is 1.27. The molecule has 1 saturated heterocycles. The average molecular weight is 456 g/mol. The first-order valence-corrected chi connectivity index (χ1v) is 12.0. The first-order chi connectivity index (χ1) is 14.9. The minimum absolute atomic E-state index is 0.171. The third-order valence-corrected chi connectivity index (χ3v) is 8.02. The first-order valence-electron chi connectivity index (χ1n) is 10.2. The Labute approximate surface area is 186 Å². The lowest BCUT2D eigenvalue weighted by Crippen LogP contribution is -2.51. The van der Waals surface area contributed by atoms with E-state index >= 15 is 0 Å². The van der Waals surface area contributed by atoms with E-state index in [0.29, 0.717) is 29.2 Å². The molecule has 0 atom stereocenters. The third kappa shape index (κ3) is 3.67. The van der Waals surface area contributed by atoms with E-state index in [9.17, 15) is 13.2 Å². The van der Waals surface area contributed by atoms with Crippen molar-refractivity contribution in [3.05, 3.63) is 71.2 Å². The zero-order valence-electron chi connectivity index (χ0n) is 16.9. The van der Waals surface area contributed by atoms with Crippen molar-refractivity contribution in [2.45, 2.75) is 11.4 Å². The summed E-state index contributed by atoms with van der Waals surface area (Å²) in [5.74, 6) is -0.171. The van der Waals surface area contributed by atoms with Crippen molar-refractivity contribution in [2.24, 2.45) is 0 Å². The van der Waals surface area contributed by atoms with Gasteiger partial charge >= 0.3 is 0 Å². The molecule has 3 aromatic carbocycles. The summed E-state index contributed by atoms with van der Waals surface area (Å²) >= 11 is 6.07. The maximum atomic E-state index is 13.1. The molecule has 0 unspecified atom stereocenters. The smallest absolute Gasteiger partial charge is 0.265 e. The van der Waals surface area contributed by atoms with Gasteiger partial charge in [-0.1, -0.05) is 48.0 Å². The minimum atomic E-state index is -3.72. The van der Waals surface area contributed by atoms with Crippen molar-refractivity contribution in [2.75, 3.05) is 37.0 Å². The molecule has 0 saturated carbocycles. The molecule has 0 N–H and O–H groups in total. The number of nitrogens with zero attached hydrogens (tertiary/aromatic N) is 3. The van der Waals surface area contributed by atoms with Gasteiger partial charge in [0.2, 0.25) is 5.91 Å². The van der Waals surface area contributed by atoms with Gasteiger partial charge in [-0.15, -0.1) is 0 Å². The van der Waals surface area contributed by atoms with Gasteiger partial charge in [0.15, 0.2) is 0 Å². The number of sulfonamides is 1. The van der Waals surface area contributed by atoms with Gasteiger partial charge in [-0.25, -0.2) is 8.42 Å². The predicted molar refractivity (Wildman–Crippen MR) is 122 cm³/mol. The van der Waals surface area contributed by atoms with E-state index in [4.69, 9.17) is 11.6 Å². The minimum Gasteiger partial charge on any atom is -0.339 e. The van der Waals surface area contributed by atoms with Gasteiger partial charge in [0.05, 0.1) is 10.6 Å². The van der Waals surface area contributed by atoms with Gasteiger partial charge in [0.1, 0.15) is 6.54 Å². The van der Waals surface area contributed by atoms with Crippen LogP contribution in [0.3, 0.4) is 0 Å². The van der Waals surface area contributed by atoms with E-state index in [-0.39, 0.29) is 17.3 Å². The second kappa shape index (κ2) is 7.82. The summed E-state index contributed by atoms with van der Waals surface area (Å²) in [6.45, 7) is 3.22. The lowest BCUT2D eigenvalue weighted by Gasteiger charge is -2.35. The zero-order valence-corrected chi connectivity index (χ0v) is 18.4. The van der Waals surface area contributed by atoms with E-state index < -0.39 is 10.0 Å². The topological polar surface area (TPSA) is 60.9 Å². The van der Waals surface area contributed by atoms with Crippen LogP contribution in [-0.2, 0) is 21.4 Å². The molecule has 2 aliphatic heterocycles. The molecule has 3 aromatic rings. The lowest BCUT2D eigenvalue weighted by molar-refractivity contribution is -0.131. The van der Waals surface area contributed by atoms with Gasteiger partial charge in [-0.05, 0) is 35.2 Å². The largest absolute Gasteiger partial charge is 0.339 e. The van der Waals surface area contributed by atoms with Gasteiger partial charge in [-0.2, -0.15) is 0 Å². The molecule has 2 aliphatic rings. The summed E-state index contributed by atoms with van der Waals surface area (Å²) in [5, 5.41) is 2.28. The maximum absolute atomic E-state index is 13.1. The lowest BCUT2D eigenvalue weighted by atomic mass is 10.1. The van der Waals surface area contributed by atoms with Crippen molar-refractivity contribution < 1.29 is 13.2 Å². The molecule has 0 radical (unpaired) electrons. The quantitative estimate of drug-likeness (QED) is 0.605. The number of carbonyl (C=O) groups excluding carboxylic acids is 1. The third-order valence-electron chi connectivity index (χ3n) is 5.98. The Morgan fingerprint density at radius 3 is 2.39 bits per heavy atom. The average Bonchev–Trinajstić information content (AvgIpc) is 2.97. The van der Waals surface area contributed by atoms with E-state index in [1.54, 1.807) is 23.1 Å². The van der Waals surface area contributed by atoms with Gasteiger partial charge in [-0.3, -0.25) is 14.0 Å². The summed E-state index contributed by atoms with van der Waals surface area (Å²) in [6, 6.07) is 18.5. The molecule has 1 fully saturated rings. The number of piperazine rings is 1. The normalized spacial score (nSPS) is 18.0. The fraction of sp³-hybridized carbons (Fsp3) is 0.261. The van der Waals surface area contributed by atoms with Gasteiger partial charge in [0.25, 0.3) is 10.0 Å². The number of anilines is 1. The Hall–Kier alpha value is -2.61. The molecular weight excluding hydrogens is 434 g/mol. The van der Waals surface area contributed by atoms with Crippen LogP contribution in [0.1, 0.15) is 5.56 Å². The Morgan fingerprint density at radius 1 is 0.935 bits per heavy atom. The summed E-state index contributed by atoms with van der Waals surface area (Å²) in [4.78, 5) is 17.3. The number of halogens is 1. The van der Waals surface area contributed by atoms with Crippen LogP contribution >= 0.6 is 11.6 Å². The molecule has 0 spiro atoms. The highest BCUT2D eigenvalue weighted by atomic mass is 35.5. The highest BCUT2D eigenvalue weighted by Gasteiger charge is 2.37. The maximum Gasteiger partial charge on any atom is 0.265 e. The molecule has 8 heteroatoms. The van der Waals surface area contributed by atoms with Crippen LogP contribution in [0, 0.1) is 0 Å². The second-order valence-electron chi connectivity index (χ2n) is 7.93. The highest BCUT2D eigenvalue weighted by Crippen LogP contribution is 2.41. The molecule has 0 aliphatic carbocycles. The van der Waals surface area contributed by atoms with Crippen LogP contribution in [0.2, 0.25) is 5.02 Å². The Morgan fingerprint density at radius 2 is 1.65 bits per heavy atom. The summed E-state index contributed by atoms with van der Waals surface area (Å²) < 4.78 is 27.5. The van der Waals surface area contributed by atoms with Crippen molar-refractivity contribution >= 4 is 44.0 Å². The number of amides is 1. The Bertz CT molecular complexity index is 1260. The first kappa shape index (κ1) is 20.3. The predicted octanol–water partition coefficient (Wildman–Crippen LogP) is 3.35. The van der Waals surface area contributed by atoms with E-state index in [0.717, 1.165) is 30.6 Å².